The second-order valence-electron chi connectivity index (χ2n) is 2.64. The SMILES string of the molecule is CC(=[N+]=[N-])C(=O)OC1CCC1. The largest absolute Gasteiger partial charge is 0.454 e. The minimum absolute atomic E-state index is 0.0110. The second-order valence-corrected chi connectivity index (χ2v) is 2.64. The molecule has 0 N–H and O–H groups in total. The fourth-order valence-electron chi connectivity index (χ4n) is 0.766. The van der Waals surface area contributed by atoms with Crippen molar-refractivity contribution in [2.24, 2.45) is 0 Å². The number of carbonyl (C=O) groups excluding carboxylic acids is 1. The molecule has 0 atom stereocenters. The molecule has 0 aromatic rings. The maximum atomic E-state index is 10.9. The van der Waals surface area contributed by atoms with Crippen molar-refractivity contribution in [2.45, 2.75) is 32.3 Å². The van der Waals surface area contributed by atoms with Crippen LogP contribution in [0, 0.1) is 0 Å². The first-order valence-corrected chi connectivity index (χ1v) is 3.63. The van der Waals surface area contributed by atoms with Crippen molar-refractivity contribution in [2.75, 3.05) is 0 Å². The molecule has 0 radical (unpaired) electrons. The van der Waals surface area contributed by atoms with Crippen LogP contribution in [0.5, 0.6) is 0 Å². The van der Waals surface area contributed by atoms with Crippen molar-refractivity contribution in [3.8, 4) is 0 Å². The fraction of sp³-hybridized carbons (Fsp3) is 0.714. The van der Waals surface area contributed by atoms with Crippen LogP contribution in [0.1, 0.15) is 26.2 Å². The monoisotopic (exact) mass is 154 g/mol. The molecule has 0 unspecified atom stereocenters. The van der Waals surface area contributed by atoms with E-state index in [0.717, 1.165) is 19.3 Å². The van der Waals surface area contributed by atoms with Crippen LogP contribution in [0.2, 0.25) is 0 Å². The van der Waals surface area contributed by atoms with Gasteiger partial charge in [0, 0.05) is 6.92 Å². The maximum absolute atomic E-state index is 10.9. The molecule has 4 heteroatoms. The molecule has 0 aromatic carbocycles. The summed E-state index contributed by atoms with van der Waals surface area (Å²) in [6.45, 7) is 1.42. The Balaban J connectivity index is 2.36. The van der Waals surface area contributed by atoms with Gasteiger partial charge in [0.15, 0.2) is 0 Å². The molecule has 1 fully saturated rings. The van der Waals surface area contributed by atoms with Gasteiger partial charge in [-0.05, 0) is 19.3 Å². The van der Waals surface area contributed by atoms with E-state index in [1.54, 1.807) is 0 Å². The Morgan fingerprint density at radius 2 is 2.27 bits per heavy atom. The first kappa shape index (κ1) is 7.95. The van der Waals surface area contributed by atoms with Crippen LogP contribution in [0.25, 0.3) is 5.53 Å². The van der Waals surface area contributed by atoms with E-state index < -0.39 is 5.97 Å². The average Bonchev–Trinajstić information content (AvgIpc) is 1.94. The van der Waals surface area contributed by atoms with Crippen LogP contribution in [0.4, 0.5) is 0 Å². The summed E-state index contributed by atoms with van der Waals surface area (Å²) < 4.78 is 4.91. The number of esters is 1. The topological polar surface area (TPSA) is 62.7 Å². The summed E-state index contributed by atoms with van der Waals surface area (Å²) in [5.74, 6) is -0.516. The number of nitrogens with zero attached hydrogens (tertiary/aromatic N) is 2. The van der Waals surface area contributed by atoms with Gasteiger partial charge in [0.1, 0.15) is 6.10 Å². The van der Waals surface area contributed by atoms with Crippen molar-refractivity contribution in [1.82, 2.24) is 0 Å². The van der Waals surface area contributed by atoms with Gasteiger partial charge in [0.25, 0.3) is 0 Å². The first-order chi connectivity index (χ1) is 5.24. The zero-order valence-corrected chi connectivity index (χ0v) is 6.41. The van der Waals surface area contributed by atoms with E-state index in [-0.39, 0.29) is 11.8 Å². The molecular formula is C7H10N2O2. The molecule has 4 nitrogen and oxygen atoms in total. The quantitative estimate of drug-likeness (QED) is 0.255. The highest BCUT2D eigenvalue weighted by Crippen LogP contribution is 2.21. The van der Waals surface area contributed by atoms with Crippen LogP contribution in [0.3, 0.4) is 0 Å². The van der Waals surface area contributed by atoms with Crippen molar-refractivity contribution in [3.05, 3.63) is 5.53 Å². The Hall–Kier alpha value is -1.15. The number of hydrogen-bond acceptors (Lipinski definition) is 2. The lowest BCUT2D eigenvalue weighted by Crippen LogP contribution is -2.28. The summed E-state index contributed by atoms with van der Waals surface area (Å²) in [5, 5.41) is 0. The second kappa shape index (κ2) is 3.30. The third kappa shape index (κ3) is 1.88. The molecule has 60 valence electrons. The molecule has 1 rings (SSSR count). The number of carbonyl (C=O) groups is 1. The minimum atomic E-state index is -0.516. The Labute approximate surface area is 64.8 Å². The normalized spacial score (nSPS) is 16.5. The summed E-state index contributed by atoms with van der Waals surface area (Å²) in [5.41, 5.74) is 8.21. The van der Waals surface area contributed by atoms with Gasteiger partial charge < -0.3 is 10.3 Å². The molecule has 0 aliphatic heterocycles. The van der Waals surface area contributed by atoms with Crippen LogP contribution >= 0.6 is 0 Å². The fourth-order valence-corrected chi connectivity index (χ4v) is 0.766. The van der Waals surface area contributed by atoms with Gasteiger partial charge in [0.05, 0.1) is 0 Å². The molecule has 1 aliphatic carbocycles. The molecule has 0 saturated heterocycles. The van der Waals surface area contributed by atoms with E-state index in [1.807, 2.05) is 0 Å². The van der Waals surface area contributed by atoms with Gasteiger partial charge >= 0.3 is 11.7 Å². The molecule has 0 spiro atoms. The molecule has 0 amide bonds. The lowest BCUT2D eigenvalue weighted by Gasteiger charge is -2.23. The summed E-state index contributed by atoms with van der Waals surface area (Å²) in [6.07, 6.45) is 3.04. The van der Waals surface area contributed by atoms with Crippen LogP contribution < -0.4 is 0 Å². The van der Waals surface area contributed by atoms with Crippen molar-refractivity contribution in [1.29, 1.82) is 0 Å². The van der Waals surface area contributed by atoms with Crippen molar-refractivity contribution >= 4 is 11.7 Å². The number of rotatable bonds is 2. The number of hydrogen-bond donors (Lipinski definition) is 0. The van der Waals surface area contributed by atoms with Crippen molar-refractivity contribution < 1.29 is 14.3 Å². The van der Waals surface area contributed by atoms with Crippen LogP contribution in [-0.4, -0.2) is 22.6 Å². The molecular weight excluding hydrogens is 144 g/mol. The average molecular weight is 154 g/mol. The van der Waals surface area contributed by atoms with E-state index in [0.29, 0.717) is 0 Å². The van der Waals surface area contributed by atoms with E-state index in [2.05, 4.69) is 4.79 Å². The Morgan fingerprint density at radius 3 is 2.64 bits per heavy atom. The summed E-state index contributed by atoms with van der Waals surface area (Å²) in [6, 6.07) is 0. The Kier molecular flexibility index (Phi) is 2.39. The van der Waals surface area contributed by atoms with E-state index in [4.69, 9.17) is 10.3 Å². The Morgan fingerprint density at radius 1 is 1.64 bits per heavy atom. The van der Waals surface area contributed by atoms with Gasteiger partial charge in [-0.3, -0.25) is 0 Å². The van der Waals surface area contributed by atoms with Crippen LogP contribution in [-0.2, 0) is 9.53 Å². The maximum Gasteiger partial charge on any atom is 0.416 e. The predicted molar refractivity (Wildman–Crippen MR) is 38.0 cm³/mol. The Bertz CT molecular complexity index is 214. The lowest BCUT2D eigenvalue weighted by molar-refractivity contribution is -0.149. The van der Waals surface area contributed by atoms with Gasteiger partial charge in [-0.2, -0.15) is 4.79 Å². The zero-order valence-electron chi connectivity index (χ0n) is 6.41. The van der Waals surface area contributed by atoms with Crippen LogP contribution in [0.15, 0.2) is 0 Å². The summed E-state index contributed by atoms with van der Waals surface area (Å²) in [7, 11) is 0. The lowest BCUT2D eigenvalue weighted by atomic mass is 9.96. The minimum Gasteiger partial charge on any atom is -0.454 e. The molecule has 1 aliphatic rings. The predicted octanol–water partition coefficient (Wildman–Crippen LogP) is 0.773. The standard InChI is InChI=1S/C7H10N2O2/c1-5(9-8)7(10)11-6-3-2-4-6/h6H,2-4H2,1H3. The molecule has 0 heterocycles. The van der Waals surface area contributed by atoms with Crippen molar-refractivity contribution in [3.63, 3.8) is 0 Å². The van der Waals surface area contributed by atoms with E-state index >= 15 is 0 Å². The number of ether oxygens (including phenoxy) is 1. The van der Waals surface area contributed by atoms with Gasteiger partial charge in [-0.25, -0.2) is 4.79 Å². The first-order valence-electron chi connectivity index (χ1n) is 3.63. The molecule has 11 heavy (non-hydrogen) atoms. The van der Waals surface area contributed by atoms with Gasteiger partial charge in [-0.15, -0.1) is 0 Å². The third-order valence-corrected chi connectivity index (χ3v) is 1.77. The van der Waals surface area contributed by atoms with Gasteiger partial charge in [-0.1, -0.05) is 0 Å². The molecule has 0 bridgehead atoms. The zero-order chi connectivity index (χ0) is 8.27. The molecule has 0 aromatic heterocycles. The highest BCUT2D eigenvalue weighted by atomic mass is 16.5. The van der Waals surface area contributed by atoms with E-state index in [1.165, 1.54) is 6.92 Å². The smallest absolute Gasteiger partial charge is 0.416 e. The highest BCUT2D eigenvalue weighted by Gasteiger charge is 2.25. The van der Waals surface area contributed by atoms with E-state index in [9.17, 15) is 4.79 Å². The third-order valence-electron chi connectivity index (χ3n) is 1.77. The molecule has 1 saturated carbocycles. The van der Waals surface area contributed by atoms with Gasteiger partial charge in [0.2, 0.25) is 0 Å². The highest BCUT2D eigenvalue weighted by molar-refractivity contribution is 6.32. The summed E-state index contributed by atoms with van der Waals surface area (Å²) in [4.78, 5) is 13.6. The summed E-state index contributed by atoms with van der Waals surface area (Å²) >= 11 is 0.